The Bertz CT molecular complexity index is 484. The second kappa shape index (κ2) is 7.67. The summed E-state index contributed by atoms with van der Waals surface area (Å²) >= 11 is 0. The number of aromatic hydroxyl groups is 2. The molecule has 0 saturated carbocycles. The molecule has 0 spiro atoms. The van der Waals surface area contributed by atoms with Gasteiger partial charge in [0, 0.05) is 18.5 Å². The predicted molar refractivity (Wildman–Crippen MR) is 86.5 cm³/mol. The summed E-state index contributed by atoms with van der Waals surface area (Å²) in [5, 5.41) is 18.6. The maximum atomic E-state index is 9.30. The number of nitrogens with two attached hydrogens (primary N) is 2. The summed E-state index contributed by atoms with van der Waals surface area (Å²) in [7, 11) is 0. The van der Waals surface area contributed by atoms with Crippen molar-refractivity contribution in [2.75, 3.05) is 13.1 Å². The van der Waals surface area contributed by atoms with Crippen LogP contribution in [0.1, 0.15) is 25.0 Å². The van der Waals surface area contributed by atoms with Gasteiger partial charge in [-0.3, -0.25) is 0 Å². The standard InChI is InChI=1S/C15H16O2.C2H8N2/c1-15(2,11-3-7-13(16)8-4-11)12-5-9-14(17)10-6-12;3-1-2-4/h3-10,16-17H,1-2H3;1-4H2. The molecule has 0 saturated heterocycles. The highest BCUT2D eigenvalue weighted by Gasteiger charge is 2.22. The van der Waals surface area contributed by atoms with E-state index in [2.05, 4.69) is 13.8 Å². The molecular formula is C17H24N2O2. The van der Waals surface area contributed by atoms with Crippen molar-refractivity contribution in [3.63, 3.8) is 0 Å². The van der Waals surface area contributed by atoms with E-state index in [1.54, 1.807) is 24.3 Å². The zero-order valence-electron chi connectivity index (χ0n) is 12.6. The first kappa shape index (κ1) is 17.0. The molecule has 0 aliphatic carbocycles. The fraction of sp³-hybridized carbons (Fsp3) is 0.294. The second-order valence-electron chi connectivity index (χ2n) is 5.30. The van der Waals surface area contributed by atoms with E-state index in [1.807, 2.05) is 24.3 Å². The zero-order valence-corrected chi connectivity index (χ0v) is 12.6. The van der Waals surface area contributed by atoms with Crippen LogP contribution in [0.4, 0.5) is 0 Å². The number of phenols is 2. The van der Waals surface area contributed by atoms with Crippen molar-refractivity contribution in [3.05, 3.63) is 59.7 Å². The van der Waals surface area contributed by atoms with E-state index in [9.17, 15) is 10.2 Å². The summed E-state index contributed by atoms with van der Waals surface area (Å²) in [6.07, 6.45) is 0. The van der Waals surface area contributed by atoms with Crippen LogP contribution < -0.4 is 11.5 Å². The first-order valence-electron chi connectivity index (χ1n) is 6.91. The highest BCUT2D eigenvalue weighted by Crippen LogP contribution is 2.32. The molecule has 6 N–H and O–H groups in total. The molecule has 0 heterocycles. The Morgan fingerprint density at radius 1 is 0.714 bits per heavy atom. The van der Waals surface area contributed by atoms with Crippen molar-refractivity contribution in [2.24, 2.45) is 11.5 Å². The summed E-state index contributed by atoms with van der Waals surface area (Å²) in [4.78, 5) is 0. The maximum absolute atomic E-state index is 9.30. The summed E-state index contributed by atoms with van der Waals surface area (Å²) in [5.41, 5.74) is 11.9. The average molecular weight is 288 g/mol. The van der Waals surface area contributed by atoms with Gasteiger partial charge in [-0.25, -0.2) is 0 Å². The van der Waals surface area contributed by atoms with Crippen LogP contribution in [0, 0.1) is 0 Å². The molecule has 0 amide bonds. The molecule has 0 aliphatic heterocycles. The second-order valence-corrected chi connectivity index (χ2v) is 5.30. The van der Waals surface area contributed by atoms with Crippen LogP contribution >= 0.6 is 0 Å². The van der Waals surface area contributed by atoms with Gasteiger partial charge in [0.1, 0.15) is 11.5 Å². The number of hydrogen-bond acceptors (Lipinski definition) is 4. The highest BCUT2D eigenvalue weighted by atomic mass is 16.3. The van der Waals surface area contributed by atoms with Crippen molar-refractivity contribution in [2.45, 2.75) is 19.3 Å². The molecule has 0 aromatic heterocycles. The van der Waals surface area contributed by atoms with E-state index in [0.717, 1.165) is 11.1 Å². The Balaban J connectivity index is 0.000000491. The third-order valence-corrected chi connectivity index (χ3v) is 3.34. The van der Waals surface area contributed by atoms with E-state index in [4.69, 9.17) is 11.5 Å². The first-order chi connectivity index (χ1) is 9.91. The minimum absolute atomic E-state index is 0.151. The molecule has 0 radical (unpaired) electrons. The van der Waals surface area contributed by atoms with E-state index >= 15 is 0 Å². The Kier molecular flexibility index (Phi) is 6.21. The van der Waals surface area contributed by atoms with Crippen LogP contribution in [0.5, 0.6) is 11.5 Å². The van der Waals surface area contributed by atoms with Gasteiger partial charge in [0.15, 0.2) is 0 Å². The number of benzene rings is 2. The van der Waals surface area contributed by atoms with Gasteiger partial charge in [0.05, 0.1) is 0 Å². The summed E-state index contributed by atoms with van der Waals surface area (Å²) in [6, 6.07) is 14.4. The van der Waals surface area contributed by atoms with E-state index in [0.29, 0.717) is 13.1 Å². The molecule has 21 heavy (non-hydrogen) atoms. The van der Waals surface area contributed by atoms with Crippen LogP contribution in [0.3, 0.4) is 0 Å². The van der Waals surface area contributed by atoms with Gasteiger partial charge in [-0.05, 0) is 35.4 Å². The number of hydrogen-bond donors (Lipinski definition) is 4. The van der Waals surface area contributed by atoms with Crippen molar-refractivity contribution in [3.8, 4) is 11.5 Å². The number of rotatable bonds is 3. The van der Waals surface area contributed by atoms with Gasteiger partial charge in [0.25, 0.3) is 0 Å². The molecule has 4 heteroatoms. The highest BCUT2D eigenvalue weighted by molar-refractivity contribution is 5.41. The fourth-order valence-electron chi connectivity index (χ4n) is 1.92. The minimum Gasteiger partial charge on any atom is -0.508 e. The summed E-state index contributed by atoms with van der Waals surface area (Å²) in [6.45, 7) is 5.43. The Hall–Kier alpha value is -2.04. The van der Waals surface area contributed by atoms with Crippen LogP contribution in [0.25, 0.3) is 0 Å². The zero-order chi connectivity index (χ0) is 15.9. The molecule has 0 atom stereocenters. The molecular weight excluding hydrogens is 264 g/mol. The predicted octanol–water partition coefficient (Wildman–Crippen LogP) is 2.33. The lowest BCUT2D eigenvalue weighted by molar-refractivity contribution is 0.474. The third-order valence-electron chi connectivity index (χ3n) is 3.34. The molecule has 2 aromatic rings. The van der Waals surface area contributed by atoms with Crippen molar-refractivity contribution in [1.82, 2.24) is 0 Å². The van der Waals surface area contributed by atoms with Crippen LogP contribution in [0.2, 0.25) is 0 Å². The van der Waals surface area contributed by atoms with E-state index in [-0.39, 0.29) is 16.9 Å². The van der Waals surface area contributed by atoms with Crippen molar-refractivity contribution in [1.29, 1.82) is 0 Å². The Morgan fingerprint density at radius 3 is 1.24 bits per heavy atom. The van der Waals surface area contributed by atoms with E-state index in [1.165, 1.54) is 0 Å². The van der Waals surface area contributed by atoms with Gasteiger partial charge in [-0.2, -0.15) is 0 Å². The Morgan fingerprint density at radius 2 is 1.00 bits per heavy atom. The maximum Gasteiger partial charge on any atom is 0.115 e. The Labute approximate surface area is 126 Å². The smallest absolute Gasteiger partial charge is 0.115 e. The SMILES string of the molecule is CC(C)(c1ccc(O)cc1)c1ccc(O)cc1.NCCN. The molecule has 0 aliphatic rings. The first-order valence-corrected chi connectivity index (χ1v) is 6.91. The van der Waals surface area contributed by atoms with Crippen LogP contribution in [-0.4, -0.2) is 23.3 Å². The van der Waals surface area contributed by atoms with E-state index < -0.39 is 0 Å². The molecule has 2 aromatic carbocycles. The lowest BCUT2D eigenvalue weighted by Gasteiger charge is -2.26. The van der Waals surface area contributed by atoms with Crippen molar-refractivity contribution >= 4 is 0 Å². The van der Waals surface area contributed by atoms with Gasteiger partial charge >= 0.3 is 0 Å². The fourth-order valence-corrected chi connectivity index (χ4v) is 1.92. The molecule has 2 rings (SSSR count). The van der Waals surface area contributed by atoms with Crippen LogP contribution in [0.15, 0.2) is 48.5 Å². The lowest BCUT2D eigenvalue weighted by atomic mass is 9.78. The van der Waals surface area contributed by atoms with Gasteiger partial charge in [-0.15, -0.1) is 0 Å². The van der Waals surface area contributed by atoms with Crippen LogP contribution in [-0.2, 0) is 5.41 Å². The molecule has 4 nitrogen and oxygen atoms in total. The number of phenolic OH excluding ortho intramolecular Hbond substituents is 2. The van der Waals surface area contributed by atoms with Gasteiger partial charge in [0.2, 0.25) is 0 Å². The quantitative estimate of drug-likeness (QED) is 0.697. The molecule has 0 unspecified atom stereocenters. The molecule has 0 fully saturated rings. The lowest BCUT2D eigenvalue weighted by Crippen LogP contribution is -2.18. The summed E-state index contributed by atoms with van der Waals surface area (Å²) < 4.78 is 0. The molecule has 114 valence electrons. The monoisotopic (exact) mass is 288 g/mol. The average Bonchev–Trinajstić information content (AvgIpc) is 2.48. The topological polar surface area (TPSA) is 92.5 Å². The minimum atomic E-state index is -0.151. The normalized spacial score (nSPS) is 10.7. The largest absolute Gasteiger partial charge is 0.508 e. The van der Waals surface area contributed by atoms with Gasteiger partial charge in [-0.1, -0.05) is 38.1 Å². The van der Waals surface area contributed by atoms with Gasteiger partial charge < -0.3 is 21.7 Å². The van der Waals surface area contributed by atoms with Crippen molar-refractivity contribution < 1.29 is 10.2 Å². The third kappa shape index (κ3) is 4.77. The molecule has 0 bridgehead atoms. The summed E-state index contributed by atoms with van der Waals surface area (Å²) in [5.74, 6) is 0.547.